The van der Waals surface area contributed by atoms with Gasteiger partial charge in [0.1, 0.15) is 0 Å². The van der Waals surface area contributed by atoms with E-state index < -0.39 is 0 Å². The molecule has 3 N–H and O–H groups in total. The van der Waals surface area contributed by atoms with Crippen LogP contribution in [0.15, 0.2) is 29.4 Å². The number of hydrogen-bond acceptors (Lipinski definition) is 3. The number of piperidine rings is 1. The summed E-state index contributed by atoms with van der Waals surface area (Å²) >= 11 is 0. The molecule has 1 aliphatic heterocycles. The minimum absolute atomic E-state index is 0.207. The summed E-state index contributed by atoms with van der Waals surface area (Å²) in [5.74, 6) is 1.02. The van der Waals surface area contributed by atoms with Crippen molar-refractivity contribution in [2.75, 3.05) is 11.4 Å². The second kappa shape index (κ2) is 5.73. The average molecular weight is 273 g/mol. The highest BCUT2D eigenvalue weighted by atomic mass is 16.4. The maximum atomic E-state index is 8.99. The molecule has 0 bridgehead atoms. The molecular weight excluding hydrogens is 250 g/mol. The molecule has 0 unspecified atom stereocenters. The summed E-state index contributed by atoms with van der Waals surface area (Å²) in [5, 5.41) is 12.2. The van der Waals surface area contributed by atoms with Crippen molar-refractivity contribution in [3.05, 3.63) is 29.8 Å². The van der Waals surface area contributed by atoms with Crippen molar-refractivity contribution in [1.82, 2.24) is 0 Å². The summed E-state index contributed by atoms with van der Waals surface area (Å²) in [7, 11) is 0. The Morgan fingerprint density at radius 2 is 1.90 bits per heavy atom. The van der Waals surface area contributed by atoms with Crippen LogP contribution in [0.5, 0.6) is 0 Å². The first-order valence-electron chi connectivity index (χ1n) is 7.65. The first-order valence-corrected chi connectivity index (χ1v) is 7.65. The molecule has 1 aromatic rings. The molecule has 0 spiro atoms. The lowest BCUT2D eigenvalue weighted by molar-refractivity contribution is 0.244. The lowest BCUT2D eigenvalue weighted by atomic mass is 9.78. The Balaban J connectivity index is 1.95. The van der Waals surface area contributed by atoms with Crippen molar-refractivity contribution in [3.8, 4) is 0 Å². The van der Waals surface area contributed by atoms with Crippen LogP contribution in [0.1, 0.15) is 44.1 Å². The number of rotatable bonds is 2. The number of amidine groups is 1. The fraction of sp³-hybridized carbons (Fsp3) is 0.562. The van der Waals surface area contributed by atoms with Gasteiger partial charge in [-0.2, -0.15) is 0 Å². The standard InChI is InChI=1S/C16H23N3O/c17-16(18-20)13-8-2-4-10-15(13)19-11-5-7-12-6-1-3-9-14(12)19/h2,4,8,10,12,14,20H,1,3,5-7,9,11H2,(H2,17,18)/t12-,14-/m1/s1. The molecule has 4 heteroatoms. The number of fused-ring (bicyclic) bond motifs is 1. The second-order valence-electron chi connectivity index (χ2n) is 5.95. The minimum atomic E-state index is 0.207. The van der Waals surface area contributed by atoms with Gasteiger partial charge in [0.15, 0.2) is 5.84 Å². The molecule has 108 valence electrons. The van der Waals surface area contributed by atoms with Gasteiger partial charge in [-0.15, -0.1) is 0 Å². The Kier molecular flexibility index (Phi) is 3.81. The third-order valence-corrected chi connectivity index (χ3v) is 4.84. The molecule has 1 aromatic carbocycles. The average Bonchev–Trinajstić information content (AvgIpc) is 2.53. The number of para-hydroxylation sites is 1. The smallest absolute Gasteiger partial charge is 0.172 e. The number of anilines is 1. The van der Waals surface area contributed by atoms with Crippen LogP contribution in [0.2, 0.25) is 0 Å². The van der Waals surface area contributed by atoms with Crippen LogP contribution < -0.4 is 10.6 Å². The summed E-state index contributed by atoms with van der Waals surface area (Å²) in [4.78, 5) is 2.50. The van der Waals surface area contributed by atoms with Crippen LogP contribution in [-0.4, -0.2) is 23.6 Å². The predicted molar refractivity (Wildman–Crippen MR) is 81.3 cm³/mol. The van der Waals surface area contributed by atoms with Crippen LogP contribution in [0.4, 0.5) is 5.69 Å². The van der Waals surface area contributed by atoms with Crippen molar-refractivity contribution < 1.29 is 5.21 Å². The summed E-state index contributed by atoms with van der Waals surface area (Å²) in [6, 6.07) is 8.65. The molecule has 3 rings (SSSR count). The van der Waals surface area contributed by atoms with E-state index in [9.17, 15) is 0 Å². The molecule has 2 atom stereocenters. The molecular formula is C16H23N3O. The van der Waals surface area contributed by atoms with Gasteiger partial charge >= 0.3 is 0 Å². The molecule has 0 radical (unpaired) electrons. The fourth-order valence-corrected chi connectivity index (χ4v) is 3.92. The predicted octanol–water partition coefficient (Wildman–Crippen LogP) is 2.94. The van der Waals surface area contributed by atoms with E-state index in [1.54, 1.807) is 0 Å². The number of oxime groups is 1. The molecule has 20 heavy (non-hydrogen) atoms. The van der Waals surface area contributed by atoms with E-state index in [4.69, 9.17) is 10.9 Å². The maximum absolute atomic E-state index is 8.99. The molecule has 0 aromatic heterocycles. The molecule has 2 aliphatic rings. The Morgan fingerprint density at radius 3 is 2.75 bits per heavy atom. The van der Waals surface area contributed by atoms with Crippen molar-refractivity contribution in [2.24, 2.45) is 16.8 Å². The highest BCUT2D eigenvalue weighted by molar-refractivity contribution is 6.02. The van der Waals surface area contributed by atoms with E-state index in [-0.39, 0.29) is 5.84 Å². The fourth-order valence-electron chi connectivity index (χ4n) is 3.92. The van der Waals surface area contributed by atoms with E-state index in [1.807, 2.05) is 18.2 Å². The largest absolute Gasteiger partial charge is 0.409 e. The van der Waals surface area contributed by atoms with Crippen LogP contribution in [0, 0.1) is 5.92 Å². The van der Waals surface area contributed by atoms with E-state index >= 15 is 0 Å². The van der Waals surface area contributed by atoms with Gasteiger partial charge in [-0.1, -0.05) is 30.1 Å². The molecule has 1 heterocycles. The van der Waals surface area contributed by atoms with E-state index in [1.165, 1.54) is 38.5 Å². The third kappa shape index (κ3) is 2.35. The Labute approximate surface area is 120 Å². The van der Waals surface area contributed by atoms with Crippen LogP contribution >= 0.6 is 0 Å². The van der Waals surface area contributed by atoms with Crippen molar-refractivity contribution in [3.63, 3.8) is 0 Å². The van der Waals surface area contributed by atoms with Gasteiger partial charge in [0.2, 0.25) is 0 Å². The maximum Gasteiger partial charge on any atom is 0.172 e. The highest BCUT2D eigenvalue weighted by Gasteiger charge is 2.34. The Bertz CT molecular complexity index is 498. The van der Waals surface area contributed by atoms with Gasteiger partial charge in [-0.25, -0.2) is 0 Å². The summed E-state index contributed by atoms with van der Waals surface area (Å²) < 4.78 is 0. The molecule has 1 saturated heterocycles. The molecule has 2 fully saturated rings. The van der Waals surface area contributed by atoms with Gasteiger partial charge in [0, 0.05) is 23.8 Å². The normalized spacial score (nSPS) is 27.2. The summed E-state index contributed by atoms with van der Waals surface area (Å²) in [6.45, 7) is 1.08. The third-order valence-electron chi connectivity index (χ3n) is 4.84. The number of nitrogens with zero attached hydrogens (tertiary/aromatic N) is 2. The van der Waals surface area contributed by atoms with Gasteiger partial charge in [-0.05, 0) is 43.7 Å². The topological polar surface area (TPSA) is 61.9 Å². The minimum Gasteiger partial charge on any atom is -0.409 e. The van der Waals surface area contributed by atoms with Gasteiger partial charge in [0.05, 0.1) is 0 Å². The number of nitrogens with two attached hydrogens (primary N) is 1. The first-order chi connectivity index (χ1) is 9.81. The van der Waals surface area contributed by atoms with Gasteiger partial charge < -0.3 is 15.8 Å². The summed E-state index contributed by atoms with van der Waals surface area (Å²) in [6.07, 6.45) is 7.92. The lowest BCUT2D eigenvalue weighted by Gasteiger charge is -2.46. The van der Waals surface area contributed by atoms with Crippen molar-refractivity contribution in [1.29, 1.82) is 0 Å². The monoisotopic (exact) mass is 273 g/mol. The Hall–Kier alpha value is -1.71. The van der Waals surface area contributed by atoms with E-state index in [2.05, 4.69) is 16.1 Å². The van der Waals surface area contributed by atoms with Crippen molar-refractivity contribution >= 4 is 11.5 Å². The zero-order valence-electron chi connectivity index (χ0n) is 11.8. The van der Waals surface area contributed by atoms with Gasteiger partial charge in [0.25, 0.3) is 0 Å². The zero-order chi connectivity index (χ0) is 13.9. The number of hydrogen-bond donors (Lipinski definition) is 2. The quantitative estimate of drug-likeness (QED) is 0.377. The molecule has 4 nitrogen and oxygen atoms in total. The summed E-state index contributed by atoms with van der Waals surface area (Å²) in [5.41, 5.74) is 7.82. The highest BCUT2D eigenvalue weighted by Crippen LogP contribution is 2.38. The Morgan fingerprint density at radius 1 is 1.15 bits per heavy atom. The second-order valence-corrected chi connectivity index (χ2v) is 5.95. The van der Waals surface area contributed by atoms with Crippen LogP contribution in [0.3, 0.4) is 0 Å². The molecule has 1 saturated carbocycles. The van der Waals surface area contributed by atoms with E-state index in [0.717, 1.165) is 23.7 Å². The zero-order valence-corrected chi connectivity index (χ0v) is 11.8. The number of benzene rings is 1. The first kappa shape index (κ1) is 13.3. The van der Waals surface area contributed by atoms with Gasteiger partial charge in [-0.3, -0.25) is 0 Å². The van der Waals surface area contributed by atoms with Crippen LogP contribution in [0.25, 0.3) is 0 Å². The molecule has 0 amide bonds. The van der Waals surface area contributed by atoms with Crippen molar-refractivity contribution in [2.45, 2.75) is 44.6 Å². The lowest BCUT2D eigenvalue weighted by Crippen LogP contribution is -2.47. The van der Waals surface area contributed by atoms with E-state index in [0.29, 0.717) is 6.04 Å². The molecule has 1 aliphatic carbocycles. The SMILES string of the molecule is N/C(=N/O)c1ccccc1N1CCC[C@H]2CCCC[C@H]21. The van der Waals surface area contributed by atoms with Crippen LogP contribution in [-0.2, 0) is 0 Å².